The summed E-state index contributed by atoms with van der Waals surface area (Å²) in [6.07, 6.45) is 2.54. The summed E-state index contributed by atoms with van der Waals surface area (Å²) in [6.45, 7) is 5.59. The molecule has 0 aromatic heterocycles. The Morgan fingerprint density at radius 2 is 2.04 bits per heavy atom. The van der Waals surface area contributed by atoms with Crippen molar-refractivity contribution in [2.75, 3.05) is 13.2 Å². The normalized spacial score (nSPS) is 17.3. The number of rotatable bonds is 7. The molecule has 2 amide bonds. The van der Waals surface area contributed by atoms with Crippen LogP contribution < -0.4 is 10.1 Å². The van der Waals surface area contributed by atoms with Gasteiger partial charge >= 0.3 is 5.97 Å². The minimum atomic E-state index is -1.05. The highest BCUT2D eigenvalue weighted by molar-refractivity contribution is 6.37. The van der Waals surface area contributed by atoms with Crippen molar-refractivity contribution in [1.82, 2.24) is 10.2 Å². The Labute approximate surface area is 166 Å². The van der Waals surface area contributed by atoms with Crippen LogP contribution in [0.4, 0.5) is 0 Å². The lowest BCUT2D eigenvalue weighted by molar-refractivity contribution is -0.148. The quantitative estimate of drug-likeness (QED) is 0.668. The van der Waals surface area contributed by atoms with E-state index in [0.717, 1.165) is 0 Å². The number of likely N-dealkylation sites (tertiary alicyclic amines) is 1. The van der Waals surface area contributed by atoms with E-state index in [1.807, 2.05) is 0 Å². The van der Waals surface area contributed by atoms with Crippen LogP contribution in [-0.4, -0.2) is 53.0 Å². The monoisotopic (exact) mass is 414 g/mol. The van der Waals surface area contributed by atoms with E-state index in [2.05, 4.69) is 11.9 Å². The van der Waals surface area contributed by atoms with Crippen LogP contribution in [0.1, 0.15) is 30.1 Å². The molecule has 1 saturated heterocycles. The number of benzene rings is 1. The molecule has 2 unspecified atom stereocenters. The number of ether oxygens (including phenoxy) is 1. The number of nitrogens with one attached hydrogen (secondary N) is 1. The number of halogens is 2. The predicted molar refractivity (Wildman–Crippen MR) is 101 cm³/mol. The average molecular weight is 415 g/mol. The maximum absolute atomic E-state index is 12.5. The molecule has 9 heteroatoms. The van der Waals surface area contributed by atoms with Crippen LogP contribution in [0.2, 0.25) is 10.0 Å². The van der Waals surface area contributed by atoms with Gasteiger partial charge in [-0.15, -0.1) is 0 Å². The maximum Gasteiger partial charge on any atom is 0.326 e. The van der Waals surface area contributed by atoms with Crippen molar-refractivity contribution in [1.29, 1.82) is 0 Å². The fourth-order valence-electron chi connectivity index (χ4n) is 2.85. The van der Waals surface area contributed by atoms with Crippen LogP contribution in [0.5, 0.6) is 5.75 Å². The Kier molecular flexibility index (Phi) is 7.10. The van der Waals surface area contributed by atoms with Crippen molar-refractivity contribution in [3.8, 4) is 5.75 Å². The third-order valence-corrected chi connectivity index (χ3v) is 4.71. The highest BCUT2D eigenvalue weighted by Gasteiger charge is 2.36. The summed E-state index contributed by atoms with van der Waals surface area (Å²) < 4.78 is 5.34. The molecule has 2 N–H and O–H groups in total. The summed E-state index contributed by atoms with van der Waals surface area (Å²) in [4.78, 5) is 37.5. The Morgan fingerprint density at radius 3 is 2.59 bits per heavy atom. The van der Waals surface area contributed by atoms with E-state index in [-0.39, 0.29) is 28.0 Å². The van der Waals surface area contributed by atoms with Crippen LogP contribution in [0, 0.1) is 0 Å². The Bertz CT molecular complexity index is 745. The molecule has 0 bridgehead atoms. The predicted octanol–water partition coefficient (Wildman–Crippen LogP) is 2.75. The third kappa shape index (κ3) is 4.93. The molecule has 0 aliphatic carbocycles. The smallest absolute Gasteiger partial charge is 0.326 e. The summed E-state index contributed by atoms with van der Waals surface area (Å²) in [5, 5.41) is 12.0. The van der Waals surface area contributed by atoms with Gasteiger partial charge in [0.05, 0.1) is 10.0 Å². The van der Waals surface area contributed by atoms with E-state index in [1.54, 1.807) is 0 Å². The number of nitrogens with zero attached hydrogens (tertiary/aromatic N) is 1. The number of carbonyl (C=O) groups excluding carboxylic acids is 2. The first-order valence-corrected chi connectivity index (χ1v) is 9.08. The van der Waals surface area contributed by atoms with Gasteiger partial charge in [0, 0.05) is 12.1 Å². The van der Waals surface area contributed by atoms with Crippen molar-refractivity contribution in [2.45, 2.75) is 31.8 Å². The van der Waals surface area contributed by atoms with Crippen LogP contribution in [0.15, 0.2) is 24.8 Å². The minimum absolute atomic E-state index is 0.152. The molecule has 1 aliphatic rings. The van der Waals surface area contributed by atoms with Crippen molar-refractivity contribution < 1.29 is 24.2 Å². The Morgan fingerprint density at radius 1 is 1.41 bits per heavy atom. The van der Waals surface area contributed by atoms with Crippen LogP contribution in [-0.2, 0) is 9.59 Å². The van der Waals surface area contributed by atoms with Crippen LogP contribution >= 0.6 is 23.2 Å². The molecular weight excluding hydrogens is 395 g/mol. The van der Waals surface area contributed by atoms with E-state index >= 15 is 0 Å². The van der Waals surface area contributed by atoms with E-state index < -0.39 is 29.9 Å². The third-order valence-electron chi connectivity index (χ3n) is 4.14. The van der Waals surface area contributed by atoms with Crippen molar-refractivity contribution >= 4 is 41.0 Å². The molecule has 2 atom stereocenters. The lowest BCUT2D eigenvalue weighted by Crippen LogP contribution is -2.50. The second-order valence-electron chi connectivity index (χ2n) is 6.09. The Balaban J connectivity index is 2.09. The second kappa shape index (κ2) is 9.10. The molecule has 0 radical (unpaired) electrons. The molecule has 1 heterocycles. The van der Waals surface area contributed by atoms with Gasteiger partial charge in [-0.05, 0) is 31.9 Å². The molecule has 1 fully saturated rings. The van der Waals surface area contributed by atoms with Crippen molar-refractivity contribution in [3.63, 3.8) is 0 Å². The first-order chi connectivity index (χ1) is 12.8. The van der Waals surface area contributed by atoms with E-state index in [4.69, 9.17) is 27.9 Å². The second-order valence-corrected chi connectivity index (χ2v) is 6.91. The van der Waals surface area contributed by atoms with Gasteiger partial charge in [0.1, 0.15) is 18.7 Å². The SMILES string of the molecule is C=CCOc1c(Cl)cc(C(=O)NC(C)C(=O)N2CCCC2C(=O)O)cc1Cl. The van der Waals surface area contributed by atoms with Gasteiger partial charge in [-0.3, -0.25) is 9.59 Å². The molecule has 2 rings (SSSR count). The van der Waals surface area contributed by atoms with Gasteiger partial charge in [0.25, 0.3) is 5.91 Å². The van der Waals surface area contributed by atoms with Crippen LogP contribution in [0.3, 0.4) is 0 Å². The van der Waals surface area contributed by atoms with E-state index in [1.165, 1.54) is 30.0 Å². The van der Waals surface area contributed by atoms with E-state index in [9.17, 15) is 19.5 Å². The first-order valence-electron chi connectivity index (χ1n) is 8.33. The molecule has 1 aromatic rings. The fraction of sp³-hybridized carbons (Fsp3) is 0.389. The van der Waals surface area contributed by atoms with Gasteiger partial charge < -0.3 is 20.1 Å². The molecule has 7 nitrogen and oxygen atoms in total. The maximum atomic E-state index is 12.5. The summed E-state index contributed by atoms with van der Waals surface area (Å²) >= 11 is 12.2. The Hall–Kier alpha value is -2.25. The number of carbonyl (C=O) groups is 3. The van der Waals surface area contributed by atoms with Gasteiger partial charge in [-0.2, -0.15) is 0 Å². The zero-order valence-electron chi connectivity index (χ0n) is 14.7. The van der Waals surface area contributed by atoms with Gasteiger partial charge in [-0.25, -0.2) is 4.79 Å². The molecule has 1 aliphatic heterocycles. The van der Waals surface area contributed by atoms with Gasteiger partial charge in [0.15, 0.2) is 5.75 Å². The van der Waals surface area contributed by atoms with Crippen molar-refractivity contribution in [3.05, 3.63) is 40.4 Å². The standard InChI is InChI=1S/C18H20Cl2N2O5/c1-3-7-27-15-12(19)8-11(9-13(15)20)16(23)21-10(2)17(24)22-6-4-5-14(22)18(25)26/h3,8-10,14H,1,4-7H2,2H3,(H,21,23)(H,25,26). The molecule has 1 aromatic carbocycles. The number of carboxylic acids is 1. The number of amides is 2. The number of hydrogen-bond acceptors (Lipinski definition) is 4. The molecule has 0 spiro atoms. The highest BCUT2D eigenvalue weighted by atomic mass is 35.5. The molecular formula is C18H20Cl2N2O5. The summed E-state index contributed by atoms with van der Waals surface area (Å²) in [6, 6.07) is 1.01. The number of carboxylic acid groups (broad SMARTS) is 1. The lowest BCUT2D eigenvalue weighted by atomic mass is 10.1. The fourth-order valence-corrected chi connectivity index (χ4v) is 3.44. The largest absolute Gasteiger partial charge is 0.486 e. The van der Waals surface area contributed by atoms with Crippen LogP contribution in [0.25, 0.3) is 0 Å². The zero-order chi connectivity index (χ0) is 20.1. The number of hydrogen-bond donors (Lipinski definition) is 2. The minimum Gasteiger partial charge on any atom is -0.486 e. The van der Waals surface area contributed by atoms with Gasteiger partial charge in [-0.1, -0.05) is 35.9 Å². The molecule has 146 valence electrons. The highest BCUT2D eigenvalue weighted by Crippen LogP contribution is 2.34. The van der Waals surface area contributed by atoms with Crippen molar-refractivity contribution in [2.24, 2.45) is 0 Å². The average Bonchev–Trinajstić information content (AvgIpc) is 3.10. The zero-order valence-corrected chi connectivity index (χ0v) is 16.2. The lowest BCUT2D eigenvalue weighted by Gasteiger charge is -2.25. The first kappa shape index (κ1) is 21.1. The molecule has 27 heavy (non-hydrogen) atoms. The molecule has 0 saturated carbocycles. The topological polar surface area (TPSA) is 95.9 Å². The van der Waals surface area contributed by atoms with Gasteiger partial charge in [0.2, 0.25) is 5.91 Å². The number of aliphatic carboxylic acids is 1. The summed E-state index contributed by atoms with van der Waals surface area (Å²) in [7, 11) is 0. The summed E-state index contributed by atoms with van der Waals surface area (Å²) in [5.41, 5.74) is 0.159. The van der Waals surface area contributed by atoms with E-state index in [0.29, 0.717) is 19.4 Å². The summed E-state index contributed by atoms with van der Waals surface area (Å²) in [5.74, 6) is -1.81.